The van der Waals surface area contributed by atoms with Crippen molar-refractivity contribution in [3.05, 3.63) is 89.2 Å². The summed E-state index contributed by atoms with van der Waals surface area (Å²) in [5, 5.41) is 3.01. The predicted octanol–water partition coefficient (Wildman–Crippen LogP) is 6.66. The summed E-state index contributed by atoms with van der Waals surface area (Å²) >= 11 is 0. The normalized spacial score (nSPS) is 11.0. The number of benzene rings is 3. The molecule has 0 fully saturated rings. The van der Waals surface area contributed by atoms with E-state index >= 15 is 0 Å². The van der Waals surface area contributed by atoms with Crippen molar-refractivity contribution >= 4 is 16.9 Å². The van der Waals surface area contributed by atoms with Crippen LogP contribution in [0.25, 0.3) is 11.0 Å². The zero-order valence-corrected chi connectivity index (χ0v) is 22.8. The quantitative estimate of drug-likeness (QED) is 0.191. The summed E-state index contributed by atoms with van der Waals surface area (Å²) in [6, 6.07) is 22.0. The number of hydrogen-bond acceptors (Lipinski definition) is 4. The summed E-state index contributed by atoms with van der Waals surface area (Å²) in [6.07, 6.45) is 5.94. The van der Waals surface area contributed by atoms with E-state index in [9.17, 15) is 4.79 Å². The fourth-order valence-corrected chi connectivity index (χ4v) is 4.70. The predicted molar refractivity (Wildman–Crippen MR) is 153 cm³/mol. The summed E-state index contributed by atoms with van der Waals surface area (Å²) in [4.78, 5) is 17.4. The maximum Gasteiger partial charge on any atom is 0.255 e. The van der Waals surface area contributed by atoms with Gasteiger partial charge in [-0.1, -0.05) is 42.8 Å². The molecule has 0 radical (unpaired) electrons. The molecule has 1 N–H and O–H groups in total. The van der Waals surface area contributed by atoms with E-state index in [1.54, 1.807) is 19.2 Å². The third-order valence-corrected chi connectivity index (χ3v) is 6.83. The summed E-state index contributed by atoms with van der Waals surface area (Å²) in [6.45, 7) is 6.48. The molecule has 0 aliphatic carbocycles. The highest BCUT2D eigenvalue weighted by atomic mass is 16.5. The number of carbonyl (C=O) groups is 1. The minimum Gasteiger partial charge on any atom is -0.496 e. The molecule has 38 heavy (non-hydrogen) atoms. The number of nitrogens with one attached hydrogen (secondary N) is 1. The number of nitrogens with zero attached hydrogens (tertiary/aromatic N) is 2. The zero-order valence-electron chi connectivity index (χ0n) is 22.8. The van der Waals surface area contributed by atoms with Gasteiger partial charge in [0.25, 0.3) is 5.91 Å². The van der Waals surface area contributed by atoms with Crippen LogP contribution in [-0.2, 0) is 13.0 Å². The van der Waals surface area contributed by atoms with E-state index in [1.165, 1.54) is 16.6 Å². The zero-order chi connectivity index (χ0) is 26.7. The second kappa shape index (κ2) is 13.7. The summed E-state index contributed by atoms with van der Waals surface area (Å²) < 4.78 is 13.7. The standard InChI is InChI=1S/C32H39N3O3/c1-24-18-19-25(2)30(23-24)38-22-12-11-21-35-28-15-8-7-14-27(28)34-31(35)17-5-4-10-20-33-32(36)26-13-6-9-16-29(26)37-3/h6-9,13-16,18-19,23H,4-5,10-12,17,20-22H2,1-3H3,(H,33,36). The van der Waals surface area contributed by atoms with E-state index in [-0.39, 0.29) is 5.91 Å². The average Bonchev–Trinajstić information content (AvgIpc) is 3.29. The number of ether oxygens (including phenoxy) is 2. The first kappa shape index (κ1) is 27.2. The molecule has 0 aliphatic rings. The van der Waals surface area contributed by atoms with Gasteiger partial charge in [-0.2, -0.15) is 0 Å². The van der Waals surface area contributed by atoms with Gasteiger partial charge in [0.05, 0.1) is 30.3 Å². The lowest BCUT2D eigenvalue weighted by Gasteiger charge is -2.12. The topological polar surface area (TPSA) is 65.4 Å². The van der Waals surface area contributed by atoms with Gasteiger partial charge in [-0.15, -0.1) is 0 Å². The second-order valence-corrected chi connectivity index (χ2v) is 9.76. The van der Waals surface area contributed by atoms with Crippen molar-refractivity contribution in [3.63, 3.8) is 0 Å². The number of hydrogen-bond donors (Lipinski definition) is 1. The summed E-state index contributed by atoms with van der Waals surface area (Å²) in [5.74, 6) is 2.63. The highest BCUT2D eigenvalue weighted by Crippen LogP contribution is 2.21. The van der Waals surface area contributed by atoms with Crippen molar-refractivity contribution in [3.8, 4) is 11.5 Å². The largest absolute Gasteiger partial charge is 0.496 e. The number of fused-ring (bicyclic) bond motifs is 1. The lowest BCUT2D eigenvalue weighted by molar-refractivity contribution is 0.0950. The SMILES string of the molecule is COc1ccccc1C(=O)NCCCCCc1nc2ccccc2n1CCCCOc1cc(C)ccc1C. The molecule has 6 heteroatoms. The number of imidazole rings is 1. The van der Waals surface area contributed by atoms with Crippen LogP contribution in [0.2, 0.25) is 0 Å². The number of amides is 1. The van der Waals surface area contributed by atoms with Crippen molar-refractivity contribution < 1.29 is 14.3 Å². The first-order chi connectivity index (χ1) is 18.6. The molecule has 1 aromatic heterocycles. The maximum atomic E-state index is 12.5. The maximum absolute atomic E-state index is 12.5. The third-order valence-electron chi connectivity index (χ3n) is 6.83. The Morgan fingerprint density at radius 1 is 0.895 bits per heavy atom. The van der Waals surface area contributed by atoms with E-state index < -0.39 is 0 Å². The lowest BCUT2D eigenvalue weighted by Crippen LogP contribution is -2.24. The Morgan fingerprint density at radius 2 is 1.71 bits per heavy atom. The molecule has 0 saturated carbocycles. The Balaban J connectivity index is 1.23. The molecular weight excluding hydrogens is 474 g/mol. The minimum absolute atomic E-state index is 0.0919. The molecule has 0 atom stereocenters. The number of aromatic nitrogens is 2. The van der Waals surface area contributed by atoms with Crippen LogP contribution in [0.3, 0.4) is 0 Å². The number of carbonyl (C=O) groups excluding carboxylic acids is 1. The van der Waals surface area contributed by atoms with E-state index in [4.69, 9.17) is 14.5 Å². The van der Waals surface area contributed by atoms with Gasteiger partial charge in [0, 0.05) is 19.5 Å². The molecule has 4 aromatic rings. The molecule has 0 spiro atoms. The van der Waals surface area contributed by atoms with Gasteiger partial charge in [0.1, 0.15) is 17.3 Å². The molecule has 0 saturated heterocycles. The minimum atomic E-state index is -0.0919. The molecule has 0 aliphatic heterocycles. The van der Waals surface area contributed by atoms with Crippen LogP contribution in [0.15, 0.2) is 66.7 Å². The van der Waals surface area contributed by atoms with Crippen LogP contribution < -0.4 is 14.8 Å². The van der Waals surface area contributed by atoms with Gasteiger partial charge < -0.3 is 19.4 Å². The molecular formula is C32H39N3O3. The fraction of sp³-hybridized carbons (Fsp3) is 0.375. The van der Waals surface area contributed by atoms with E-state index in [0.717, 1.165) is 62.2 Å². The van der Waals surface area contributed by atoms with Gasteiger partial charge >= 0.3 is 0 Å². The molecule has 1 amide bonds. The molecule has 200 valence electrons. The van der Waals surface area contributed by atoms with Crippen molar-refractivity contribution in [1.82, 2.24) is 14.9 Å². The summed E-state index contributed by atoms with van der Waals surface area (Å²) in [7, 11) is 1.58. The monoisotopic (exact) mass is 513 g/mol. The van der Waals surface area contributed by atoms with Gasteiger partial charge in [-0.3, -0.25) is 4.79 Å². The van der Waals surface area contributed by atoms with Gasteiger partial charge in [-0.25, -0.2) is 4.98 Å². The van der Waals surface area contributed by atoms with Crippen LogP contribution in [-0.4, -0.2) is 35.7 Å². The molecule has 4 rings (SSSR count). The van der Waals surface area contributed by atoms with Crippen LogP contribution in [0.5, 0.6) is 11.5 Å². The van der Waals surface area contributed by atoms with E-state index in [2.05, 4.69) is 60.1 Å². The van der Waals surface area contributed by atoms with Crippen molar-refractivity contribution in [2.75, 3.05) is 20.3 Å². The van der Waals surface area contributed by atoms with Crippen LogP contribution in [0.1, 0.15) is 59.4 Å². The molecule has 0 bridgehead atoms. The van der Waals surface area contributed by atoms with Crippen molar-refractivity contribution in [2.24, 2.45) is 0 Å². The van der Waals surface area contributed by atoms with Gasteiger partial charge in [-0.05, 0) is 81.0 Å². The van der Waals surface area contributed by atoms with E-state index in [1.807, 2.05) is 18.2 Å². The van der Waals surface area contributed by atoms with Crippen molar-refractivity contribution in [2.45, 2.75) is 58.9 Å². The highest BCUT2D eigenvalue weighted by molar-refractivity contribution is 5.96. The molecule has 1 heterocycles. The molecule has 6 nitrogen and oxygen atoms in total. The van der Waals surface area contributed by atoms with Gasteiger partial charge in [0.15, 0.2) is 0 Å². The first-order valence-electron chi connectivity index (χ1n) is 13.6. The molecule has 3 aromatic carbocycles. The Kier molecular flexibility index (Phi) is 9.79. The van der Waals surface area contributed by atoms with Gasteiger partial charge in [0.2, 0.25) is 0 Å². The first-order valence-corrected chi connectivity index (χ1v) is 13.6. The fourth-order valence-electron chi connectivity index (χ4n) is 4.70. The average molecular weight is 514 g/mol. The number of para-hydroxylation sites is 3. The number of unbranched alkanes of at least 4 members (excludes halogenated alkanes) is 3. The van der Waals surface area contributed by atoms with Crippen LogP contribution in [0, 0.1) is 13.8 Å². The van der Waals surface area contributed by atoms with Crippen LogP contribution in [0.4, 0.5) is 0 Å². The Hall–Kier alpha value is -3.80. The Morgan fingerprint density at radius 3 is 2.58 bits per heavy atom. The summed E-state index contributed by atoms with van der Waals surface area (Å²) in [5.41, 5.74) is 5.22. The number of aryl methyl sites for hydroxylation is 4. The third kappa shape index (κ3) is 7.15. The van der Waals surface area contributed by atoms with E-state index in [0.29, 0.717) is 24.5 Å². The number of methoxy groups -OCH3 is 1. The van der Waals surface area contributed by atoms with Crippen LogP contribution >= 0.6 is 0 Å². The smallest absolute Gasteiger partial charge is 0.255 e. The highest BCUT2D eigenvalue weighted by Gasteiger charge is 2.12. The van der Waals surface area contributed by atoms with Crippen molar-refractivity contribution in [1.29, 1.82) is 0 Å². The number of rotatable bonds is 14. The Bertz CT molecular complexity index is 1350. The lowest BCUT2D eigenvalue weighted by atomic mass is 10.1. The second-order valence-electron chi connectivity index (χ2n) is 9.76. The molecule has 0 unspecified atom stereocenters. The Labute approximate surface area is 226 Å².